The quantitative estimate of drug-likeness (QED) is 0.784. The maximum atomic E-state index is 12.0. The van der Waals surface area contributed by atoms with E-state index < -0.39 is 0 Å². The molecule has 0 saturated carbocycles. The van der Waals surface area contributed by atoms with Gasteiger partial charge in [-0.15, -0.1) is 0 Å². The number of amides is 2. The number of nitrogens with zero attached hydrogens (tertiary/aromatic N) is 1. The van der Waals surface area contributed by atoms with E-state index in [1.165, 1.54) is 0 Å². The van der Waals surface area contributed by atoms with Crippen molar-refractivity contribution in [2.75, 3.05) is 33.4 Å². The molecule has 0 atom stereocenters. The second kappa shape index (κ2) is 9.93. The van der Waals surface area contributed by atoms with Gasteiger partial charge < -0.3 is 19.7 Å². The normalized spacial score (nSPS) is 15.1. The third kappa shape index (κ3) is 6.20. The molecule has 1 heterocycles. The molecule has 1 saturated heterocycles. The lowest BCUT2D eigenvalue weighted by atomic mass is 10.0. The number of piperidine rings is 1. The zero-order valence-electron chi connectivity index (χ0n) is 14.2. The van der Waals surface area contributed by atoms with Crippen LogP contribution in [0.1, 0.15) is 25.7 Å². The molecule has 2 amide bonds. The highest BCUT2D eigenvalue weighted by molar-refractivity contribution is 5.77. The van der Waals surface area contributed by atoms with Gasteiger partial charge >= 0.3 is 0 Å². The molecular weight excluding hydrogens is 308 g/mol. The Balaban J connectivity index is 1.61. The van der Waals surface area contributed by atoms with Crippen LogP contribution in [0, 0.1) is 0 Å². The van der Waals surface area contributed by atoms with Gasteiger partial charge in [-0.3, -0.25) is 9.59 Å². The number of carbonyl (C=O) groups excluding carboxylic acids is 2. The number of likely N-dealkylation sites (tertiary alicyclic amines) is 1. The van der Waals surface area contributed by atoms with Gasteiger partial charge in [-0.25, -0.2) is 0 Å². The summed E-state index contributed by atoms with van der Waals surface area (Å²) in [6, 6.07) is 9.60. The molecule has 6 heteroatoms. The molecular formula is C18H26N2O4. The van der Waals surface area contributed by atoms with Crippen molar-refractivity contribution < 1.29 is 19.1 Å². The summed E-state index contributed by atoms with van der Waals surface area (Å²) in [6.45, 7) is 2.20. The summed E-state index contributed by atoms with van der Waals surface area (Å²) in [5.41, 5.74) is 0. The minimum Gasteiger partial charge on any atom is -0.493 e. The fourth-order valence-electron chi connectivity index (χ4n) is 2.70. The van der Waals surface area contributed by atoms with E-state index in [1.807, 2.05) is 35.2 Å². The lowest BCUT2D eigenvalue weighted by Gasteiger charge is -2.32. The number of benzene rings is 1. The van der Waals surface area contributed by atoms with Gasteiger partial charge in [0.15, 0.2) is 0 Å². The van der Waals surface area contributed by atoms with Crippen molar-refractivity contribution >= 4 is 11.8 Å². The summed E-state index contributed by atoms with van der Waals surface area (Å²) in [4.78, 5) is 25.7. The zero-order valence-corrected chi connectivity index (χ0v) is 14.2. The molecule has 1 N–H and O–H groups in total. The number of carbonyl (C=O) groups is 2. The number of methoxy groups -OCH3 is 1. The fourth-order valence-corrected chi connectivity index (χ4v) is 2.70. The molecule has 132 valence electrons. The average molecular weight is 334 g/mol. The molecule has 0 bridgehead atoms. The predicted octanol–water partition coefficient (Wildman–Crippen LogP) is 1.60. The Morgan fingerprint density at radius 3 is 2.50 bits per heavy atom. The van der Waals surface area contributed by atoms with E-state index in [0.717, 1.165) is 18.6 Å². The van der Waals surface area contributed by atoms with Crippen LogP contribution < -0.4 is 10.1 Å². The predicted molar refractivity (Wildman–Crippen MR) is 90.8 cm³/mol. The van der Waals surface area contributed by atoms with Crippen LogP contribution >= 0.6 is 0 Å². The maximum absolute atomic E-state index is 12.0. The second-order valence-corrected chi connectivity index (χ2v) is 5.88. The molecule has 1 aromatic rings. The molecule has 0 unspecified atom stereocenters. The van der Waals surface area contributed by atoms with Gasteiger partial charge in [-0.05, 0) is 25.0 Å². The molecule has 0 radical (unpaired) electrons. The van der Waals surface area contributed by atoms with E-state index in [-0.39, 0.29) is 17.9 Å². The number of nitrogens with one attached hydrogen (secondary N) is 1. The van der Waals surface area contributed by atoms with Crippen LogP contribution in [0.5, 0.6) is 5.75 Å². The molecule has 0 aliphatic carbocycles. The second-order valence-electron chi connectivity index (χ2n) is 5.88. The van der Waals surface area contributed by atoms with Crippen LogP contribution in [0.15, 0.2) is 30.3 Å². The highest BCUT2D eigenvalue weighted by Gasteiger charge is 2.23. The van der Waals surface area contributed by atoms with E-state index >= 15 is 0 Å². The smallest absolute Gasteiger partial charge is 0.224 e. The number of hydrogen-bond donors (Lipinski definition) is 1. The molecule has 2 rings (SSSR count). The molecule has 6 nitrogen and oxygen atoms in total. The largest absolute Gasteiger partial charge is 0.493 e. The van der Waals surface area contributed by atoms with Crippen molar-refractivity contribution in [3.63, 3.8) is 0 Å². The van der Waals surface area contributed by atoms with Gasteiger partial charge in [0.05, 0.1) is 26.1 Å². The van der Waals surface area contributed by atoms with E-state index in [4.69, 9.17) is 9.47 Å². The Morgan fingerprint density at radius 1 is 1.12 bits per heavy atom. The SMILES string of the molecule is COCCC(=O)N1CCC(NC(=O)CCOc2ccccc2)CC1. The summed E-state index contributed by atoms with van der Waals surface area (Å²) >= 11 is 0. The average Bonchev–Trinajstić information content (AvgIpc) is 2.61. The van der Waals surface area contributed by atoms with Crippen molar-refractivity contribution in [2.24, 2.45) is 0 Å². The lowest BCUT2D eigenvalue weighted by molar-refractivity contribution is -0.133. The first-order valence-corrected chi connectivity index (χ1v) is 8.43. The Kier molecular flexibility index (Phi) is 7.55. The van der Waals surface area contributed by atoms with Crippen LogP contribution in [0.4, 0.5) is 0 Å². The first-order valence-electron chi connectivity index (χ1n) is 8.43. The number of hydrogen-bond acceptors (Lipinski definition) is 4. The fraction of sp³-hybridized carbons (Fsp3) is 0.556. The Bertz CT molecular complexity index is 513. The van der Waals surface area contributed by atoms with E-state index in [2.05, 4.69) is 5.32 Å². The highest BCUT2D eigenvalue weighted by atomic mass is 16.5. The number of rotatable bonds is 8. The minimum atomic E-state index is -0.00455. The standard InChI is InChI=1S/C18H26N2O4/c1-23-13-10-18(22)20-11-7-15(8-12-20)19-17(21)9-14-24-16-5-3-2-4-6-16/h2-6,15H,7-14H2,1H3,(H,19,21). The summed E-state index contributed by atoms with van der Waals surface area (Å²) in [5.74, 6) is 0.890. The number of para-hydroxylation sites is 1. The summed E-state index contributed by atoms with van der Waals surface area (Å²) in [5, 5.41) is 3.03. The van der Waals surface area contributed by atoms with Crippen molar-refractivity contribution in [3.05, 3.63) is 30.3 Å². The van der Waals surface area contributed by atoms with Crippen LogP contribution in [0.3, 0.4) is 0 Å². The summed E-state index contributed by atoms with van der Waals surface area (Å²) in [6.07, 6.45) is 2.35. The van der Waals surface area contributed by atoms with Crippen molar-refractivity contribution in [1.29, 1.82) is 0 Å². The van der Waals surface area contributed by atoms with Gasteiger partial charge in [0.1, 0.15) is 5.75 Å². The molecule has 0 spiro atoms. The molecule has 24 heavy (non-hydrogen) atoms. The van der Waals surface area contributed by atoms with Crippen molar-refractivity contribution in [3.8, 4) is 5.75 Å². The van der Waals surface area contributed by atoms with Gasteiger partial charge in [-0.1, -0.05) is 18.2 Å². The van der Waals surface area contributed by atoms with Crippen molar-refractivity contribution in [2.45, 2.75) is 31.7 Å². The lowest BCUT2D eigenvalue weighted by Crippen LogP contribution is -2.46. The molecule has 1 aliphatic rings. The van der Waals surface area contributed by atoms with Gasteiger partial charge in [0.25, 0.3) is 0 Å². The molecule has 1 aliphatic heterocycles. The van der Waals surface area contributed by atoms with Gasteiger partial charge in [0.2, 0.25) is 11.8 Å². The number of ether oxygens (including phenoxy) is 2. The van der Waals surface area contributed by atoms with Gasteiger partial charge in [-0.2, -0.15) is 0 Å². The minimum absolute atomic E-state index is 0.00455. The first-order chi connectivity index (χ1) is 11.7. The monoisotopic (exact) mass is 334 g/mol. The third-order valence-electron chi connectivity index (χ3n) is 4.07. The molecule has 1 aromatic carbocycles. The van der Waals surface area contributed by atoms with E-state index in [0.29, 0.717) is 39.1 Å². The van der Waals surface area contributed by atoms with Gasteiger partial charge in [0, 0.05) is 26.2 Å². The maximum Gasteiger partial charge on any atom is 0.224 e. The molecule has 1 fully saturated rings. The van der Waals surface area contributed by atoms with E-state index in [1.54, 1.807) is 7.11 Å². The third-order valence-corrected chi connectivity index (χ3v) is 4.07. The first kappa shape index (κ1) is 18.3. The topological polar surface area (TPSA) is 67.9 Å². The Hall–Kier alpha value is -2.08. The Labute approximate surface area is 143 Å². The summed E-state index contributed by atoms with van der Waals surface area (Å²) < 4.78 is 10.5. The van der Waals surface area contributed by atoms with Crippen LogP contribution in [0.2, 0.25) is 0 Å². The zero-order chi connectivity index (χ0) is 17.2. The highest BCUT2D eigenvalue weighted by Crippen LogP contribution is 2.12. The Morgan fingerprint density at radius 2 is 1.83 bits per heavy atom. The van der Waals surface area contributed by atoms with Crippen LogP contribution in [-0.4, -0.2) is 56.2 Å². The van der Waals surface area contributed by atoms with Crippen LogP contribution in [-0.2, 0) is 14.3 Å². The summed E-state index contributed by atoms with van der Waals surface area (Å²) in [7, 11) is 1.59. The van der Waals surface area contributed by atoms with Crippen molar-refractivity contribution in [1.82, 2.24) is 10.2 Å². The molecule has 0 aromatic heterocycles. The van der Waals surface area contributed by atoms with E-state index in [9.17, 15) is 9.59 Å². The van der Waals surface area contributed by atoms with Crippen LogP contribution in [0.25, 0.3) is 0 Å².